The molecule has 1 fully saturated rings. The maximum absolute atomic E-state index is 4.21. The fourth-order valence-corrected chi connectivity index (χ4v) is 4.33. The molecule has 1 aromatic rings. The summed E-state index contributed by atoms with van der Waals surface area (Å²) in [6.45, 7) is 0.973. The summed E-state index contributed by atoms with van der Waals surface area (Å²) < 4.78 is 1.54. The largest absolute Gasteiger partial charge is 0.369 e. The second-order valence-electron chi connectivity index (χ2n) is 3.11. The first-order chi connectivity index (χ1) is 7.34. The molecule has 0 aromatic carbocycles. The van der Waals surface area contributed by atoms with E-state index in [0.717, 1.165) is 21.5 Å². The van der Waals surface area contributed by atoms with E-state index < -0.39 is 0 Å². The van der Waals surface area contributed by atoms with Gasteiger partial charge in [-0.25, -0.2) is 9.97 Å². The molecule has 0 spiro atoms. The number of aromatic nitrogens is 2. The van der Waals surface area contributed by atoms with Gasteiger partial charge >= 0.3 is 0 Å². The molecular formula is C9H12BrN3S2. The fraction of sp³-hybridized carbons (Fsp3) is 0.556. The summed E-state index contributed by atoms with van der Waals surface area (Å²) in [4.78, 5) is 8.32. The summed E-state index contributed by atoms with van der Waals surface area (Å²) in [7, 11) is 0. The average Bonchev–Trinajstić information content (AvgIpc) is 2.74. The molecule has 2 rings (SSSR count). The monoisotopic (exact) mass is 305 g/mol. The van der Waals surface area contributed by atoms with Crippen LogP contribution in [-0.2, 0) is 0 Å². The molecule has 6 heteroatoms. The Kier molecular flexibility index (Phi) is 4.59. The van der Waals surface area contributed by atoms with E-state index in [1.807, 2.05) is 0 Å². The van der Waals surface area contributed by atoms with Crippen LogP contribution >= 0.6 is 39.5 Å². The van der Waals surface area contributed by atoms with Crippen molar-refractivity contribution < 1.29 is 0 Å². The lowest BCUT2D eigenvalue weighted by atomic mass is 10.4. The minimum atomic E-state index is 0.765. The molecular weight excluding hydrogens is 294 g/mol. The van der Waals surface area contributed by atoms with Gasteiger partial charge in [-0.05, 0) is 22.4 Å². The maximum Gasteiger partial charge on any atom is 0.144 e. The van der Waals surface area contributed by atoms with Crippen LogP contribution in [0.2, 0.25) is 0 Å². The topological polar surface area (TPSA) is 37.8 Å². The van der Waals surface area contributed by atoms with Gasteiger partial charge in [0.1, 0.15) is 10.4 Å². The predicted octanol–water partition coefficient (Wildman–Crippen LogP) is 2.85. The second-order valence-corrected chi connectivity index (χ2v) is 6.84. The number of hydrogen-bond donors (Lipinski definition) is 1. The zero-order valence-electron chi connectivity index (χ0n) is 8.15. The van der Waals surface area contributed by atoms with Crippen LogP contribution in [0.1, 0.15) is 6.42 Å². The van der Waals surface area contributed by atoms with E-state index in [0.29, 0.717) is 0 Å². The number of thioether (sulfide) groups is 2. The van der Waals surface area contributed by atoms with E-state index in [1.54, 1.807) is 12.4 Å². The molecule has 0 amide bonds. The molecule has 1 saturated heterocycles. The van der Waals surface area contributed by atoms with Gasteiger partial charge in [0.05, 0.1) is 17.0 Å². The van der Waals surface area contributed by atoms with Crippen LogP contribution in [0.25, 0.3) is 0 Å². The van der Waals surface area contributed by atoms with Crippen LogP contribution in [0.5, 0.6) is 0 Å². The molecule has 15 heavy (non-hydrogen) atoms. The van der Waals surface area contributed by atoms with Gasteiger partial charge in [-0.3, -0.25) is 0 Å². The van der Waals surface area contributed by atoms with Crippen molar-refractivity contribution in [2.45, 2.75) is 11.0 Å². The van der Waals surface area contributed by atoms with Crippen LogP contribution in [0.3, 0.4) is 0 Å². The zero-order valence-corrected chi connectivity index (χ0v) is 11.4. The lowest BCUT2D eigenvalue weighted by Gasteiger charge is -2.08. The van der Waals surface area contributed by atoms with Crippen LogP contribution < -0.4 is 5.32 Å². The summed E-state index contributed by atoms with van der Waals surface area (Å²) in [5.41, 5.74) is 0. The third-order valence-corrected chi connectivity index (χ3v) is 5.58. The third-order valence-electron chi connectivity index (χ3n) is 2.00. The summed E-state index contributed by atoms with van der Waals surface area (Å²) >= 11 is 7.38. The third kappa shape index (κ3) is 3.85. The molecule has 1 aromatic heterocycles. The van der Waals surface area contributed by atoms with Crippen molar-refractivity contribution in [1.29, 1.82) is 0 Å². The van der Waals surface area contributed by atoms with Crippen LogP contribution in [0, 0.1) is 0 Å². The molecule has 0 radical (unpaired) electrons. The highest BCUT2D eigenvalue weighted by Crippen LogP contribution is 2.33. The van der Waals surface area contributed by atoms with Gasteiger partial charge < -0.3 is 5.32 Å². The summed E-state index contributed by atoms with van der Waals surface area (Å²) in [6, 6.07) is 0. The molecule has 3 nitrogen and oxygen atoms in total. The van der Waals surface area contributed by atoms with E-state index >= 15 is 0 Å². The van der Waals surface area contributed by atoms with Gasteiger partial charge in [0.15, 0.2) is 0 Å². The van der Waals surface area contributed by atoms with Crippen molar-refractivity contribution in [3.05, 3.63) is 17.0 Å². The minimum absolute atomic E-state index is 0.765. The Morgan fingerprint density at radius 1 is 1.33 bits per heavy atom. The van der Waals surface area contributed by atoms with Crippen LogP contribution in [0.4, 0.5) is 5.82 Å². The number of nitrogens with zero attached hydrogens (tertiary/aromatic N) is 2. The maximum atomic E-state index is 4.21. The van der Waals surface area contributed by atoms with E-state index in [9.17, 15) is 0 Å². The van der Waals surface area contributed by atoms with Gasteiger partial charge in [0, 0.05) is 18.1 Å². The first-order valence-electron chi connectivity index (χ1n) is 4.79. The molecule has 1 aliphatic rings. The lowest BCUT2D eigenvalue weighted by molar-refractivity contribution is 0.949. The molecule has 0 aliphatic carbocycles. The second kappa shape index (κ2) is 5.96. The van der Waals surface area contributed by atoms with Crippen molar-refractivity contribution in [3.63, 3.8) is 0 Å². The van der Waals surface area contributed by atoms with Gasteiger partial charge in [-0.1, -0.05) is 0 Å². The first kappa shape index (κ1) is 11.5. The average molecular weight is 306 g/mol. The number of rotatable bonds is 4. The molecule has 1 N–H and O–H groups in total. The highest BCUT2D eigenvalue weighted by atomic mass is 79.9. The Balaban J connectivity index is 1.71. The molecule has 0 saturated carbocycles. The van der Waals surface area contributed by atoms with Gasteiger partial charge in [0.2, 0.25) is 0 Å². The van der Waals surface area contributed by atoms with E-state index in [2.05, 4.69) is 54.7 Å². The SMILES string of the molecule is Brc1cnc(NCCC2SCCS2)cn1. The van der Waals surface area contributed by atoms with Crippen LogP contribution in [-0.4, -0.2) is 32.6 Å². The van der Waals surface area contributed by atoms with Crippen molar-refractivity contribution >= 4 is 45.3 Å². The van der Waals surface area contributed by atoms with Crippen LogP contribution in [0.15, 0.2) is 17.0 Å². The standard InChI is InChI=1S/C9H12BrN3S2/c10-7-5-13-8(6-12-7)11-2-1-9-14-3-4-15-9/h5-6,9H,1-4H2,(H,11,13). The highest BCUT2D eigenvalue weighted by molar-refractivity contribution is 9.10. The lowest BCUT2D eigenvalue weighted by Crippen LogP contribution is -2.07. The predicted molar refractivity (Wildman–Crippen MR) is 71.5 cm³/mol. The zero-order chi connectivity index (χ0) is 10.5. The van der Waals surface area contributed by atoms with E-state index in [4.69, 9.17) is 0 Å². The van der Waals surface area contributed by atoms with E-state index in [1.165, 1.54) is 17.9 Å². The normalized spacial score (nSPS) is 16.9. The van der Waals surface area contributed by atoms with Crippen molar-refractivity contribution in [3.8, 4) is 0 Å². The van der Waals surface area contributed by atoms with E-state index in [-0.39, 0.29) is 0 Å². The summed E-state index contributed by atoms with van der Waals surface area (Å²) in [5.74, 6) is 3.45. The molecule has 82 valence electrons. The summed E-state index contributed by atoms with van der Waals surface area (Å²) in [6.07, 6.45) is 4.65. The number of hydrogen-bond acceptors (Lipinski definition) is 5. The smallest absolute Gasteiger partial charge is 0.144 e. The molecule has 1 aliphatic heterocycles. The Morgan fingerprint density at radius 2 is 2.13 bits per heavy atom. The van der Waals surface area contributed by atoms with Crippen molar-refractivity contribution in [2.75, 3.05) is 23.4 Å². The molecule has 0 unspecified atom stereocenters. The highest BCUT2D eigenvalue weighted by Gasteiger charge is 2.15. The van der Waals surface area contributed by atoms with Gasteiger partial charge in [0.25, 0.3) is 0 Å². The van der Waals surface area contributed by atoms with Crippen molar-refractivity contribution in [2.24, 2.45) is 0 Å². The Bertz CT molecular complexity index is 301. The molecule has 2 heterocycles. The number of anilines is 1. The Hall–Kier alpha value is 0.0600. The number of nitrogens with one attached hydrogen (secondary N) is 1. The summed E-state index contributed by atoms with van der Waals surface area (Å²) in [5, 5.41) is 3.28. The van der Waals surface area contributed by atoms with Gasteiger partial charge in [-0.15, -0.1) is 23.5 Å². The Labute approximate surface area is 106 Å². The molecule has 0 bridgehead atoms. The minimum Gasteiger partial charge on any atom is -0.369 e. The quantitative estimate of drug-likeness (QED) is 0.926. The Morgan fingerprint density at radius 3 is 2.80 bits per heavy atom. The molecule has 0 atom stereocenters. The number of halogens is 1. The first-order valence-corrected chi connectivity index (χ1v) is 7.68. The fourth-order valence-electron chi connectivity index (χ4n) is 1.30. The van der Waals surface area contributed by atoms with Crippen molar-refractivity contribution in [1.82, 2.24) is 9.97 Å². The van der Waals surface area contributed by atoms with Gasteiger partial charge in [-0.2, -0.15) is 0 Å².